The van der Waals surface area contributed by atoms with Crippen LogP contribution in [0.4, 0.5) is 13.2 Å². The number of halogens is 3. The first-order valence-electron chi connectivity index (χ1n) is 5.11. The first kappa shape index (κ1) is 11.6. The molecule has 0 aliphatic rings. The van der Waals surface area contributed by atoms with E-state index in [9.17, 15) is 13.2 Å². The predicted octanol–water partition coefficient (Wildman–Crippen LogP) is 3.69. The van der Waals surface area contributed by atoms with Crippen LogP contribution in [0.25, 0.3) is 0 Å². The van der Waals surface area contributed by atoms with E-state index in [1.807, 2.05) is 12.1 Å². The Morgan fingerprint density at radius 2 is 1.35 bits per heavy atom. The number of benzene rings is 1. The maximum Gasteiger partial charge on any atom is 0.416 e. The van der Waals surface area contributed by atoms with Crippen molar-refractivity contribution in [2.45, 2.75) is 12.6 Å². The average molecular weight is 237 g/mol. The normalized spacial score (nSPS) is 11.5. The molecule has 1 aromatic heterocycles. The lowest BCUT2D eigenvalue weighted by Crippen LogP contribution is -2.04. The van der Waals surface area contributed by atoms with Crippen molar-refractivity contribution in [3.8, 4) is 0 Å². The van der Waals surface area contributed by atoms with Crippen molar-refractivity contribution in [1.29, 1.82) is 0 Å². The molecule has 1 nitrogen and oxygen atoms in total. The van der Waals surface area contributed by atoms with Gasteiger partial charge in [0.15, 0.2) is 0 Å². The molecule has 0 saturated heterocycles. The van der Waals surface area contributed by atoms with E-state index < -0.39 is 11.7 Å². The van der Waals surface area contributed by atoms with Crippen molar-refractivity contribution >= 4 is 0 Å². The Labute approximate surface area is 96.9 Å². The lowest BCUT2D eigenvalue weighted by Gasteiger charge is -2.07. The summed E-state index contributed by atoms with van der Waals surface area (Å²) in [6, 6.07) is 8.91. The van der Waals surface area contributed by atoms with E-state index in [1.165, 1.54) is 12.1 Å². The summed E-state index contributed by atoms with van der Waals surface area (Å²) < 4.78 is 37.0. The zero-order valence-electron chi connectivity index (χ0n) is 8.91. The quantitative estimate of drug-likeness (QED) is 0.776. The van der Waals surface area contributed by atoms with E-state index in [0.717, 1.165) is 23.3 Å². The molecular formula is C13H10F3N. The Bertz CT molecular complexity index is 474. The van der Waals surface area contributed by atoms with Crippen LogP contribution in [0.3, 0.4) is 0 Å². The molecule has 0 fully saturated rings. The second-order valence-electron chi connectivity index (χ2n) is 3.73. The maximum absolute atomic E-state index is 12.3. The van der Waals surface area contributed by atoms with Crippen LogP contribution in [0.2, 0.25) is 0 Å². The number of aromatic nitrogens is 1. The summed E-state index contributed by atoms with van der Waals surface area (Å²) in [5.41, 5.74) is 1.26. The highest BCUT2D eigenvalue weighted by Gasteiger charge is 2.29. The highest BCUT2D eigenvalue weighted by Crippen LogP contribution is 2.29. The van der Waals surface area contributed by atoms with Crippen molar-refractivity contribution in [3.05, 3.63) is 65.5 Å². The summed E-state index contributed by atoms with van der Waals surface area (Å²) in [7, 11) is 0. The van der Waals surface area contributed by atoms with Gasteiger partial charge in [0.1, 0.15) is 0 Å². The van der Waals surface area contributed by atoms with Gasteiger partial charge in [0, 0.05) is 12.4 Å². The highest BCUT2D eigenvalue weighted by atomic mass is 19.4. The fourth-order valence-corrected chi connectivity index (χ4v) is 1.55. The van der Waals surface area contributed by atoms with Gasteiger partial charge in [-0.15, -0.1) is 0 Å². The fourth-order valence-electron chi connectivity index (χ4n) is 1.55. The van der Waals surface area contributed by atoms with Crippen LogP contribution in [0.15, 0.2) is 48.8 Å². The molecule has 1 aromatic carbocycles. The van der Waals surface area contributed by atoms with E-state index in [4.69, 9.17) is 0 Å². The topological polar surface area (TPSA) is 12.9 Å². The van der Waals surface area contributed by atoms with Gasteiger partial charge in [-0.1, -0.05) is 12.1 Å². The van der Waals surface area contributed by atoms with Crippen LogP contribution in [-0.2, 0) is 12.6 Å². The van der Waals surface area contributed by atoms with Gasteiger partial charge in [0.25, 0.3) is 0 Å². The fraction of sp³-hybridized carbons (Fsp3) is 0.154. The molecule has 0 unspecified atom stereocenters. The van der Waals surface area contributed by atoms with Crippen LogP contribution < -0.4 is 0 Å². The Morgan fingerprint density at radius 1 is 0.824 bits per heavy atom. The third-order valence-corrected chi connectivity index (χ3v) is 2.44. The average Bonchev–Trinajstić information content (AvgIpc) is 2.30. The van der Waals surface area contributed by atoms with Crippen molar-refractivity contribution in [1.82, 2.24) is 4.98 Å². The summed E-state index contributed by atoms with van der Waals surface area (Å²) >= 11 is 0. The largest absolute Gasteiger partial charge is 0.416 e. The Hall–Kier alpha value is -1.84. The first-order chi connectivity index (χ1) is 8.05. The smallest absolute Gasteiger partial charge is 0.265 e. The molecule has 0 aliphatic carbocycles. The number of pyridine rings is 1. The second kappa shape index (κ2) is 4.57. The predicted molar refractivity (Wildman–Crippen MR) is 58.5 cm³/mol. The van der Waals surface area contributed by atoms with Gasteiger partial charge in [-0.2, -0.15) is 13.2 Å². The Morgan fingerprint density at radius 3 is 1.88 bits per heavy atom. The van der Waals surface area contributed by atoms with Gasteiger partial charge in [0.2, 0.25) is 0 Å². The summed E-state index contributed by atoms with van der Waals surface area (Å²) in [5.74, 6) is 0. The lowest BCUT2D eigenvalue weighted by atomic mass is 10.0. The Balaban J connectivity index is 2.14. The summed E-state index contributed by atoms with van der Waals surface area (Å²) in [5, 5.41) is 0. The van der Waals surface area contributed by atoms with Gasteiger partial charge in [0.05, 0.1) is 5.56 Å². The molecule has 0 radical (unpaired) electrons. The SMILES string of the molecule is FC(F)(F)c1ccc(Cc2ccncc2)cc1. The first-order valence-corrected chi connectivity index (χ1v) is 5.11. The van der Waals surface area contributed by atoms with Crippen molar-refractivity contribution in [2.24, 2.45) is 0 Å². The van der Waals surface area contributed by atoms with Crippen LogP contribution in [0.5, 0.6) is 0 Å². The molecule has 0 aliphatic heterocycles. The molecule has 88 valence electrons. The van der Waals surface area contributed by atoms with Crippen molar-refractivity contribution in [2.75, 3.05) is 0 Å². The minimum atomic E-state index is -4.27. The zero-order valence-corrected chi connectivity index (χ0v) is 8.91. The molecule has 1 heterocycles. The van der Waals surface area contributed by atoms with Crippen molar-refractivity contribution in [3.63, 3.8) is 0 Å². The van der Waals surface area contributed by atoms with Crippen LogP contribution in [0, 0.1) is 0 Å². The molecule has 0 spiro atoms. The van der Waals surface area contributed by atoms with Gasteiger partial charge >= 0.3 is 6.18 Å². The Kier molecular flexibility index (Phi) is 3.13. The molecule has 0 amide bonds. The molecule has 17 heavy (non-hydrogen) atoms. The zero-order chi connectivity index (χ0) is 12.3. The summed E-state index contributed by atoms with van der Waals surface area (Å²) in [6.45, 7) is 0. The van der Waals surface area contributed by atoms with Gasteiger partial charge in [-0.05, 0) is 41.8 Å². The standard InChI is InChI=1S/C13H10F3N/c14-13(15,16)12-3-1-10(2-4-12)9-11-5-7-17-8-6-11/h1-8H,9H2. The molecule has 2 rings (SSSR count). The minimum Gasteiger partial charge on any atom is -0.265 e. The number of alkyl halides is 3. The maximum atomic E-state index is 12.3. The van der Waals surface area contributed by atoms with Crippen LogP contribution in [-0.4, -0.2) is 4.98 Å². The third kappa shape index (κ3) is 3.06. The number of nitrogens with zero attached hydrogens (tertiary/aromatic N) is 1. The van der Waals surface area contributed by atoms with E-state index in [1.54, 1.807) is 12.4 Å². The molecule has 0 bridgehead atoms. The lowest BCUT2D eigenvalue weighted by molar-refractivity contribution is -0.137. The van der Waals surface area contributed by atoms with E-state index in [-0.39, 0.29) is 0 Å². The molecule has 0 saturated carbocycles. The van der Waals surface area contributed by atoms with Crippen LogP contribution in [0.1, 0.15) is 16.7 Å². The minimum absolute atomic E-state index is 0.612. The van der Waals surface area contributed by atoms with E-state index in [2.05, 4.69) is 4.98 Å². The molecule has 0 N–H and O–H groups in total. The second-order valence-corrected chi connectivity index (χ2v) is 3.73. The molecule has 2 aromatic rings. The third-order valence-electron chi connectivity index (χ3n) is 2.44. The van der Waals surface area contributed by atoms with Crippen molar-refractivity contribution < 1.29 is 13.2 Å². The molecular weight excluding hydrogens is 227 g/mol. The molecule has 4 heteroatoms. The number of hydrogen-bond donors (Lipinski definition) is 0. The molecule has 0 atom stereocenters. The van der Waals surface area contributed by atoms with Gasteiger partial charge in [-0.25, -0.2) is 0 Å². The van der Waals surface area contributed by atoms with Gasteiger partial charge < -0.3 is 0 Å². The summed E-state index contributed by atoms with van der Waals surface area (Å²) in [4.78, 5) is 3.88. The monoisotopic (exact) mass is 237 g/mol. The highest BCUT2D eigenvalue weighted by molar-refractivity contribution is 5.28. The summed E-state index contributed by atoms with van der Waals surface area (Å²) in [6.07, 6.45) is -0.325. The number of rotatable bonds is 2. The number of hydrogen-bond acceptors (Lipinski definition) is 1. The van der Waals surface area contributed by atoms with E-state index in [0.29, 0.717) is 6.42 Å². The van der Waals surface area contributed by atoms with Gasteiger partial charge in [-0.3, -0.25) is 4.98 Å². The van der Waals surface area contributed by atoms with Crippen LogP contribution >= 0.6 is 0 Å². The van der Waals surface area contributed by atoms with E-state index >= 15 is 0 Å².